The van der Waals surface area contributed by atoms with E-state index in [0.717, 1.165) is 13.0 Å². The molecule has 1 atom stereocenters. The van der Waals surface area contributed by atoms with E-state index in [4.69, 9.17) is 0 Å². The summed E-state index contributed by atoms with van der Waals surface area (Å²) in [6, 6.07) is 9.09. The fourth-order valence-electron chi connectivity index (χ4n) is 3.00. The summed E-state index contributed by atoms with van der Waals surface area (Å²) in [5.41, 5.74) is 3.11. The molecule has 1 aliphatic rings. The first kappa shape index (κ1) is 15.0. The van der Waals surface area contributed by atoms with Crippen molar-refractivity contribution in [2.24, 2.45) is 0 Å². The Labute approximate surface area is 122 Å². The quantitative estimate of drug-likeness (QED) is 0.915. The monoisotopic (exact) mass is 274 g/mol. The van der Waals surface area contributed by atoms with Crippen molar-refractivity contribution < 1.29 is 4.79 Å². The number of fused-ring (bicyclic) bond motifs is 1. The van der Waals surface area contributed by atoms with Crippen LogP contribution in [0.1, 0.15) is 50.3 Å². The van der Waals surface area contributed by atoms with Gasteiger partial charge in [-0.3, -0.25) is 4.79 Å². The number of benzene rings is 1. The van der Waals surface area contributed by atoms with Crippen molar-refractivity contribution in [3.63, 3.8) is 0 Å². The molecule has 0 saturated heterocycles. The van der Waals surface area contributed by atoms with E-state index in [0.29, 0.717) is 12.5 Å². The second kappa shape index (κ2) is 5.96. The van der Waals surface area contributed by atoms with Gasteiger partial charge >= 0.3 is 0 Å². The highest BCUT2D eigenvalue weighted by atomic mass is 16.2. The van der Waals surface area contributed by atoms with E-state index in [1.165, 1.54) is 17.5 Å². The van der Waals surface area contributed by atoms with Gasteiger partial charge < -0.3 is 10.2 Å². The molecule has 0 aromatic heterocycles. The van der Waals surface area contributed by atoms with Gasteiger partial charge in [0.25, 0.3) is 0 Å². The van der Waals surface area contributed by atoms with Crippen molar-refractivity contribution in [2.45, 2.75) is 44.6 Å². The summed E-state index contributed by atoms with van der Waals surface area (Å²) in [4.78, 5) is 13.3. The maximum atomic E-state index is 11.6. The van der Waals surface area contributed by atoms with E-state index in [1.54, 1.807) is 19.0 Å². The highest BCUT2D eigenvalue weighted by Crippen LogP contribution is 2.41. The minimum Gasteiger partial charge on any atom is -0.349 e. The molecule has 0 fully saturated rings. The Morgan fingerprint density at radius 3 is 2.75 bits per heavy atom. The average molecular weight is 274 g/mol. The lowest BCUT2D eigenvalue weighted by atomic mass is 9.71. The summed E-state index contributed by atoms with van der Waals surface area (Å²) >= 11 is 0. The normalized spacial score (nSPS) is 20.3. The molecular weight excluding hydrogens is 248 g/mol. The Morgan fingerprint density at radius 1 is 1.35 bits per heavy atom. The van der Waals surface area contributed by atoms with Crippen molar-refractivity contribution in [3.8, 4) is 0 Å². The zero-order chi connectivity index (χ0) is 14.8. The van der Waals surface area contributed by atoms with E-state index >= 15 is 0 Å². The van der Waals surface area contributed by atoms with Crippen molar-refractivity contribution in [1.82, 2.24) is 10.2 Å². The van der Waals surface area contributed by atoms with Crippen LogP contribution in [0.25, 0.3) is 0 Å². The second-order valence-corrected chi connectivity index (χ2v) is 6.55. The van der Waals surface area contributed by atoms with Crippen LogP contribution in [0.5, 0.6) is 0 Å². The predicted molar refractivity (Wildman–Crippen MR) is 82.8 cm³/mol. The predicted octanol–water partition coefficient (Wildman–Crippen LogP) is 2.87. The number of amides is 1. The summed E-state index contributed by atoms with van der Waals surface area (Å²) in [5.74, 6) is 0.182. The van der Waals surface area contributed by atoms with E-state index in [2.05, 4.69) is 43.4 Å². The van der Waals surface area contributed by atoms with Gasteiger partial charge in [-0.05, 0) is 29.4 Å². The fraction of sp³-hybridized carbons (Fsp3) is 0.588. The molecule has 1 aromatic carbocycles. The molecular formula is C17H26N2O. The van der Waals surface area contributed by atoms with Gasteiger partial charge in [-0.15, -0.1) is 0 Å². The third kappa shape index (κ3) is 3.21. The molecule has 1 N–H and O–H groups in total. The number of carbonyl (C=O) groups excluding carboxylic acids is 1. The second-order valence-electron chi connectivity index (χ2n) is 6.55. The Hall–Kier alpha value is -1.35. The van der Waals surface area contributed by atoms with Gasteiger partial charge in [0, 0.05) is 33.1 Å². The third-order valence-corrected chi connectivity index (χ3v) is 4.35. The maximum Gasteiger partial charge on any atom is 0.223 e. The largest absolute Gasteiger partial charge is 0.349 e. The summed E-state index contributed by atoms with van der Waals surface area (Å²) < 4.78 is 0. The van der Waals surface area contributed by atoms with Crippen LogP contribution >= 0.6 is 0 Å². The standard InChI is InChI=1S/C17H26N2O/c1-17(2)11-9-15(13-7-5-6-8-14(13)17)18-12-10-16(20)19(3)4/h5-8,15,18H,9-12H2,1-4H3. The van der Waals surface area contributed by atoms with Gasteiger partial charge in [-0.25, -0.2) is 0 Å². The van der Waals surface area contributed by atoms with Crippen LogP contribution in [0.15, 0.2) is 24.3 Å². The van der Waals surface area contributed by atoms with Crippen LogP contribution in [0.4, 0.5) is 0 Å². The van der Waals surface area contributed by atoms with E-state index in [1.807, 2.05) is 0 Å². The molecule has 1 amide bonds. The SMILES string of the molecule is CN(C)C(=O)CCNC1CCC(C)(C)c2ccccc21. The lowest BCUT2D eigenvalue weighted by Crippen LogP contribution is -2.34. The summed E-state index contributed by atoms with van der Waals surface area (Å²) in [7, 11) is 3.61. The topological polar surface area (TPSA) is 32.3 Å². The van der Waals surface area contributed by atoms with Gasteiger partial charge in [-0.1, -0.05) is 38.1 Å². The maximum absolute atomic E-state index is 11.6. The number of hydrogen-bond acceptors (Lipinski definition) is 2. The molecule has 0 radical (unpaired) electrons. The van der Waals surface area contributed by atoms with Crippen LogP contribution < -0.4 is 5.32 Å². The number of hydrogen-bond donors (Lipinski definition) is 1. The first-order valence-corrected chi connectivity index (χ1v) is 7.45. The molecule has 20 heavy (non-hydrogen) atoms. The minimum atomic E-state index is 0.182. The number of nitrogens with one attached hydrogen (secondary N) is 1. The molecule has 3 nitrogen and oxygen atoms in total. The summed E-state index contributed by atoms with van der Waals surface area (Å²) in [6.45, 7) is 5.38. The lowest BCUT2D eigenvalue weighted by molar-refractivity contribution is -0.128. The Morgan fingerprint density at radius 2 is 2.05 bits per heavy atom. The van der Waals surface area contributed by atoms with E-state index in [-0.39, 0.29) is 11.3 Å². The first-order valence-electron chi connectivity index (χ1n) is 7.45. The zero-order valence-electron chi connectivity index (χ0n) is 13.1. The van der Waals surface area contributed by atoms with E-state index < -0.39 is 0 Å². The average Bonchev–Trinajstić information content (AvgIpc) is 2.41. The van der Waals surface area contributed by atoms with Crippen molar-refractivity contribution >= 4 is 5.91 Å². The van der Waals surface area contributed by atoms with Crippen LogP contribution in [-0.4, -0.2) is 31.4 Å². The van der Waals surface area contributed by atoms with Gasteiger partial charge in [0.15, 0.2) is 0 Å². The minimum absolute atomic E-state index is 0.182. The van der Waals surface area contributed by atoms with Gasteiger partial charge in [0.05, 0.1) is 0 Å². The number of carbonyl (C=O) groups is 1. The van der Waals surface area contributed by atoms with Crippen LogP contribution in [0.3, 0.4) is 0 Å². The lowest BCUT2D eigenvalue weighted by Gasteiger charge is -2.37. The Kier molecular flexibility index (Phi) is 4.48. The smallest absolute Gasteiger partial charge is 0.223 e. The zero-order valence-corrected chi connectivity index (χ0v) is 13.1. The fourth-order valence-corrected chi connectivity index (χ4v) is 3.00. The summed E-state index contributed by atoms with van der Waals surface area (Å²) in [6.07, 6.45) is 2.89. The molecule has 3 heteroatoms. The molecule has 0 saturated carbocycles. The molecule has 0 bridgehead atoms. The molecule has 110 valence electrons. The molecule has 2 rings (SSSR count). The molecule has 0 aliphatic heterocycles. The number of nitrogens with zero attached hydrogens (tertiary/aromatic N) is 1. The van der Waals surface area contributed by atoms with Crippen molar-refractivity contribution in [3.05, 3.63) is 35.4 Å². The van der Waals surface area contributed by atoms with Crippen LogP contribution in [-0.2, 0) is 10.2 Å². The Balaban J connectivity index is 2.02. The van der Waals surface area contributed by atoms with Gasteiger partial charge in [0.2, 0.25) is 5.91 Å². The molecule has 1 aliphatic carbocycles. The van der Waals surface area contributed by atoms with Crippen molar-refractivity contribution in [2.75, 3.05) is 20.6 Å². The van der Waals surface area contributed by atoms with Crippen LogP contribution in [0, 0.1) is 0 Å². The van der Waals surface area contributed by atoms with E-state index in [9.17, 15) is 4.79 Å². The molecule has 0 heterocycles. The molecule has 1 aromatic rings. The first-order chi connectivity index (χ1) is 9.42. The molecule has 0 spiro atoms. The molecule has 1 unspecified atom stereocenters. The highest BCUT2D eigenvalue weighted by molar-refractivity contribution is 5.75. The van der Waals surface area contributed by atoms with Crippen LogP contribution in [0.2, 0.25) is 0 Å². The summed E-state index contributed by atoms with van der Waals surface area (Å²) in [5, 5.41) is 3.55. The van der Waals surface area contributed by atoms with Crippen molar-refractivity contribution in [1.29, 1.82) is 0 Å². The highest BCUT2D eigenvalue weighted by Gasteiger charge is 2.31. The third-order valence-electron chi connectivity index (χ3n) is 4.35. The number of rotatable bonds is 4. The Bertz CT molecular complexity index is 480. The van der Waals surface area contributed by atoms with Gasteiger partial charge in [-0.2, -0.15) is 0 Å². The van der Waals surface area contributed by atoms with Gasteiger partial charge in [0.1, 0.15) is 0 Å².